The van der Waals surface area contributed by atoms with Crippen LogP contribution in [0.1, 0.15) is 19.3 Å². The second kappa shape index (κ2) is 6.47. The molecule has 0 radical (unpaired) electrons. The summed E-state index contributed by atoms with van der Waals surface area (Å²) in [5.74, 6) is 0.745. The molecule has 3 N–H and O–H groups in total. The summed E-state index contributed by atoms with van der Waals surface area (Å²) >= 11 is 0. The van der Waals surface area contributed by atoms with E-state index >= 15 is 0 Å². The van der Waals surface area contributed by atoms with Gasteiger partial charge in [0.25, 0.3) is 0 Å². The summed E-state index contributed by atoms with van der Waals surface area (Å²) in [7, 11) is 0. The number of aromatic amines is 1. The van der Waals surface area contributed by atoms with Crippen molar-refractivity contribution >= 4 is 22.7 Å². The minimum Gasteiger partial charge on any atom is -0.367 e. The maximum absolute atomic E-state index is 12.3. The first-order valence-corrected chi connectivity index (χ1v) is 8.36. The predicted molar refractivity (Wildman–Crippen MR) is 92.9 cm³/mol. The second-order valence-electron chi connectivity index (χ2n) is 6.35. The Bertz CT molecular complexity index is 916. The Morgan fingerprint density at radius 1 is 1.19 bits per heavy atom. The van der Waals surface area contributed by atoms with Crippen LogP contribution in [0.2, 0.25) is 0 Å². The maximum atomic E-state index is 12.3. The fraction of sp³-hybridized carbons (Fsp3) is 0.353. The highest BCUT2D eigenvalue weighted by Crippen LogP contribution is 2.27. The molecule has 9 heteroatoms. The number of nitrogens with zero attached hydrogens (tertiary/aromatic N) is 3. The average molecular weight is 362 g/mol. The number of anilines is 2. The van der Waals surface area contributed by atoms with Crippen LogP contribution in [0, 0.1) is 0 Å². The van der Waals surface area contributed by atoms with Gasteiger partial charge in [0.05, 0.1) is 16.9 Å². The highest BCUT2D eigenvalue weighted by atomic mass is 19.4. The van der Waals surface area contributed by atoms with E-state index < -0.39 is 12.7 Å². The van der Waals surface area contributed by atoms with E-state index in [2.05, 4.69) is 30.6 Å². The zero-order chi connectivity index (χ0) is 18.1. The van der Waals surface area contributed by atoms with Crippen LogP contribution in [0.5, 0.6) is 0 Å². The van der Waals surface area contributed by atoms with Crippen LogP contribution >= 0.6 is 0 Å². The van der Waals surface area contributed by atoms with Crippen LogP contribution in [-0.4, -0.2) is 38.7 Å². The number of hydrogen-bond donors (Lipinski definition) is 3. The first-order chi connectivity index (χ1) is 12.5. The van der Waals surface area contributed by atoms with Gasteiger partial charge in [-0.2, -0.15) is 13.2 Å². The number of nitrogens with one attached hydrogen (secondary N) is 3. The first kappa shape index (κ1) is 16.6. The molecule has 0 aromatic carbocycles. The number of halogens is 3. The van der Waals surface area contributed by atoms with Gasteiger partial charge in [-0.15, -0.1) is 0 Å². The summed E-state index contributed by atoms with van der Waals surface area (Å²) < 4.78 is 37.0. The minimum atomic E-state index is -4.32. The molecule has 3 heterocycles. The normalized spacial score (nSPS) is 15.0. The van der Waals surface area contributed by atoms with Gasteiger partial charge >= 0.3 is 6.18 Å². The lowest BCUT2D eigenvalue weighted by atomic mass is 9.93. The Hall–Kier alpha value is -2.84. The Balaban J connectivity index is 1.56. The molecule has 0 unspecified atom stereocenters. The van der Waals surface area contributed by atoms with Gasteiger partial charge < -0.3 is 15.6 Å². The third-order valence-electron chi connectivity index (χ3n) is 4.34. The van der Waals surface area contributed by atoms with Gasteiger partial charge in [-0.05, 0) is 31.4 Å². The summed E-state index contributed by atoms with van der Waals surface area (Å²) in [6, 6.07) is 5.93. The topological polar surface area (TPSA) is 78.5 Å². The highest BCUT2D eigenvalue weighted by molar-refractivity contribution is 5.86. The Labute approximate surface area is 147 Å². The monoisotopic (exact) mass is 362 g/mol. The summed E-state index contributed by atoms with van der Waals surface area (Å²) in [6.07, 6.45) is 2.42. The lowest BCUT2D eigenvalue weighted by molar-refractivity contribution is -0.115. The lowest BCUT2D eigenvalue weighted by Gasteiger charge is -2.26. The van der Waals surface area contributed by atoms with Crippen molar-refractivity contribution in [3.05, 3.63) is 30.6 Å². The molecule has 3 aromatic rings. The van der Waals surface area contributed by atoms with Crippen molar-refractivity contribution in [1.82, 2.24) is 19.9 Å². The van der Waals surface area contributed by atoms with Gasteiger partial charge in [0.15, 0.2) is 0 Å². The Morgan fingerprint density at radius 3 is 2.77 bits per heavy atom. The molecule has 0 amide bonds. The smallest absolute Gasteiger partial charge is 0.367 e. The van der Waals surface area contributed by atoms with Crippen molar-refractivity contribution in [1.29, 1.82) is 0 Å². The van der Waals surface area contributed by atoms with Crippen LogP contribution in [0.3, 0.4) is 0 Å². The predicted octanol–water partition coefficient (Wildman–Crippen LogP) is 3.96. The third-order valence-corrected chi connectivity index (χ3v) is 4.34. The highest BCUT2D eigenvalue weighted by Gasteiger charge is 2.27. The lowest BCUT2D eigenvalue weighted by Crippen LogP contribution is -2.27. The Kier molecular flexibility index (Phi) is 4.14. The molecular formula is C17H17F3N6. The number of hydrogen-bond acceptors (Lipinski definition) is 5. The van der Waals surface area contributed by atoms with E-state index in [1.807, 2.05) is 12.1 Å². The van der Waals surface area contributed by atoms with E-state index in [0.29, 0.717) is 17.4 Å². The largest absolute Gasteiger partial charge is 0.405 e. The number of rotatable bonds is 5. The van der Waals surface area contributed by atoms with E-state index in [9.17, 15) is 13.2 Å². The summed E-state index contributed by atoms with van der Waals surface area (Å²) in [6.45, 7) is -1.18. The Morgan fingerprint density at radius 2 is 2.04 bits per heavy atom. The van der Waals surface area contributed by atoms with Crippen molar-refractivity contribution in [3.63, 3.8) is 0 Å². The number of H-pyrrole nitrogens is 1. The molecule has 4 rings (SSSR count). The minimum absolute atomic E-state index is 0.0658. The van der Waals surface area contributed by atoms with Crippen molar-refractivity contribution in [3.8, 4) is 11.4 Å². The maximum Gasteiger partial charge on any atom is 0.405 e. The standard InChI is InChI=1S/C17H17F3N6/c18-17(19,20)9-23-16-21-5-4-12(26-16)14-6-10-8-22-15(7-13(10)25-14)24-11-2-1-3-11/h4-8,11,25H,1-3,9H2,(H,22,24)(H,21,23,26). The number of pyridine rings is 1. The molecule has 0 atom stereocenters. The molecule has 1 fully saturated rings. The summed E-state index contributed by atoms with van der Waals surface area (Å²) in [5.41, 5.74) is 2.09. The molecule has 136 valence electrons. The van der Waals surface area contributed by atoms with Crippen LogP contribution in [0.25, 0.3) is 22.3 Å². The van der Waals surface area contributed by atoms with Crippen molar-refractivity contribution in [2.24, 2.45) is 0 Å². The number of alkyl halides is 3. The molecule has 1 aliphatic rings. The molecule has 6 nitrogen and oxygen atoms in total. The van der Waals surface area contributed by atoms with Crippen molar-refractivity contribution in [2.75, 3.05) is 17.2 Å². The second-order valence-corrected chi connectivity index (χ2v) is 6.35. The summed E-state index contributed by atoms with van der Waals surface area (Å²) in [5, 5.41) is 6.48. The molecule has 0 spiro atoms. The van der Waals surface area contributed by atoms with Gasteiger partial charge in [-0.3, -0.25) is 0 Å². The van der Waals surface area contributed by atoms with Gasteiger partial charge in [0.1, 0.15) is 12.4 Å². The zero-order valence-corrected chi connectivity index (χ0v) is 13.8. The van der Waals surface area contributed by atoms with E-state index in [4.69, 9.17) is 0 Å². The SMILES string of the molecule is FC(F)(F)CNc1nccc(-c2cc3cnc(NC4CCC4)cc3[nH]2)n1. The average Bonchev–Trinajstić information content (AvgIpc) is 2.99. The van der Waals surface area contributed by atoms with Crippen LogP contribution in [-0.2, 0) is 0 Å². The third kappa shape index (κ3) is 3.71. The van der Waals surface area contributed by atoms with Gasteiger partial charge in [0.2, 0.25) is 5.95 Å². The van der Waals surface area contributed by atoms with Gasteiger partial charge in [-0.1, -0.05) is 0 Å². The van der Waals surface area contributed by atoms with Gasteiger partial charge in [-0.25, -0.2) is 15.0 Å². The first-order valence-electron chi connectivity index (χ1n) is 8.36. The molecule has 1 aliphatic carbocycles. The molecule has 26 heavy (non-hydrogen) atoms. The van der Waals surface area contributed by atoms with Crippen molar-refractivity contribution < 1.29 is 13.2 Å². The molecular weight excluding hydrogens is 345 g/mol. The summed E-state index contributed by atoms with van der Waals surface area (Å²) in [4.78, 5) is 15.6. The fourth-order valence-corrected chi connectivity index (χ4v) is 2.78. The molecule has 3 aromatic heterocycles. The van der Waals surface area contributed by atoms with E-state index in [1.165, 1.54) is 12.6 Å². The van der Waals surface area contributed by atoms with E-state index in [-0.39, 0.29) is 5.95 Å². The van der Waals surface area contributed by atoms with E-state index in [1.54, 1.807) is 12.3 Å². The molecule has 0 saturated heterocycles. The van der Waals surface area contributed by atoms with E-state index in [0.717, 1.165) is 29.6 Å². The van der Waals surface area contributed by atoms with Gasteiger partial charge in [0, 0.05) is 29.9 Å². The van der Waals surface area contributed by atoms with Crippen LogP contribution in [0.4, 0.5) is 24.9 Å². The fourth-order valence-electron chi connectivity index (χ4n) is 2.78. The number of aromatic nitrogens is 4. The zero-order valence-electron chi connectivity index (χ0n) is 13.8. The molecule has 0 bridgehead atoms. The quantitative estimate of drug-likeness (QED) is 0.640. The molecule has 1 saturated carbocycles. The van der Waals surface area contributed by atoms with Crippen LogP contribution < -0.4 is 10.6 Å². The van der Waals surface area contributed by atoms with Crippen molar-refractivity contribution in [2.45, 2.75) is 31.5 Å². The van der Waals surface area contributed by atoms with Crippen LogP contribution in [0.15, 0.2) is 30.6 Å². The number of fused-ring (bicyclic) bond motifs is 1. The molecule has 0 aliphatic heterocycles.